The zero-order chi connectivity index (χ0) is 16.7. The van der Waals surface area contributed by atoms with E-state index in [0.29, 0.717) is 4.90 Å². The molecule has 1 aliphatic heterocycles. The number of nitrogens with zero attached hydrogens (tertiary/aromatic N) is 2. The first kappa shape index (κ1) is 14.4. The van der Waals surface area contributed by atoms with Crippen molar-refractivity contribution in [2.45, 2.75) is 0 Å². The number of nitro groups is 1. The average Bonchev–Trinajstić information content (AvgIpc) is 2.78. The molecule has 0 atom stereocenters. The number of aromatic carboxylic acids is 1. The number of hydrogen-bond acceptors (Lipinski definition) is 5. The lowest BCUT2D eigenvalue weighted by atomic mass is 10.1. The van der Waals surface area contributed by atoms with Crippen molar-refractivity contribution in [1.29, 1.82) is 0 Å². The summed E-state index contributed by atoms with van der Waals surface area (Å²) in [6.07, 6.45) is 0. The van der Waals surface area contributed by atoms with Gasteiger partial charge >= 0.3 is 5.97 Å². The number of amides is 2. The van der Waals surface area contributed by atoms with E-state index in [-0.39, 0.29) is 22.4 Å². The highest BCUT2D eigenvalue weighted by Gasteiger charge is 2.38. The molecule has 2 aromatic rings. The topological polar surface area (TPSA) is 118 Å². The van der Waals surface area contributed by atoms with Crippen LogP contribution in [-0.2, 0) is 0 Å². The normalized spacial score (nSPS) is 13.1. The number of carbonyl (C=O) groups excluding carboxylic acids is 2. The van der Waals surface area contributed by atoms with Crippen LogP contribution in [0.5, 0.6) is 0 Å². The van der Waals surface area contributed by atoms with Crippen molar-refractivity contribution in [2.24, 2.45) is 0 Å². The zero-order valence-corrected chi connectivity index (χ0v) is 11.4. The van der Waals surface area contributed by atoms with Crippen LogP contribution < -0.4 is 4.90 Å². The van der Waals surface area contributed by atoms with Gasteiger partial charge in [-0.3, -0.25) is 19.7 Å². The number of benzene rings is 2. The maximum absolute atomic E-state index is 12.4. The van der Waals surface area contributed by atoms with E-state index >= 15 is 0 Å². The highest BCUT2D eigenvalue weighted by Crippen LogP contribution is 2.33. The number of anilines is 1. The molecule has 8 nitrogen and oxygen atoms in total. The standard InChI is InChI=1S/C15H8N2O6/c18-13-9-3-1-2-4-10(9)14(19)16(13)12-7-8(17(22)23)5-6-11(12)15(20)21/h1-7H,(H,20,21). The zero-order valence-electron chi connectivity index (χ0n) is 11.4. The van der Waals surface area contributed by atoms with Gasteiger partial charge < -0.3 is 5.11 Å². The van der Waals surface area contributed by atoms with Crippen LogP contribution >= 0.6 is 0 Å². The Morgan fingerprint density at radius 1 is 1.04 bits per heavy atom. The summed E-state index contributed by atoms with van der Waals surface area (Å²) >= 11 is 0. The van der Waals surface area contributed by atoms with Crippen LogP contribution in [0.1, 0.15) is 31.1 Å². The number of carboxylic acids is 1. The molecule has 8 heteroatoms. The fraction of sp³-hybridized carbons (Fsp3) is 0. The molecule has 0 fully saturated rings. The maximum atomic E-state index is 12.4. The monoisotopic (exact) mass is 312 g/mol. The quantitative estimate of drug-likeness (QED) is 0.526. The molecule has 1 N–H and O–H groups in total. The molecular weight excluding hydrogens is 304 g/mol. The third-order valence-electron chi connectivity index (χ3n) is 3.46. The van der Waals surface area contributed by atoms with Crippen molar-refractivity contribution in [3.8, 4) is 0 Å². The van der Waals surface area contributed by atoms with Crippen molar-refractivity contribution >= 4 is 29.2 Å². The fourth-order valence-corrected chi connectivity index (χ4v) is 2.41. The van der Waals surface area contributed by atoms with E-state index in [1.165, 1.54) is 12.1 Å². The Bertz CT molecular complexity index is 854. The van der Waals surface area contributed by atoms with Gasteiger partial charge in [0.25, 0.3) is 17.5 Å². The largest absolute Gasteiger partial charge is 0.478 e. The van der Waals surface area contributed by atoms with Gasteiger partial charge in [-0.05, 0) is 18.2 Å². The molecular formula is C15H8N2O6. The summed E-state index contributed by atoms with van der Waals surface area (Å²) in [5, 5.41) is 20.1. The third kappa shape index (κ3) is 2.13. The molecule has 0 unspecified atom stereocenters. The van der Waals surface area contributed by atoms with Crippen LogP contribution in [-0.4, -0.2) is 27.8 Å². The van der Waals surface area contributed by atoms with Crippen LogP contribution in [0.15, 0.2) is 42.5 Å². The molecule has 2 amide bonds. The second-order valence-corrected chi connectivity index (χ2v) is 4.76. The Morgan fingerprint density at radius 3 is 2.09 bits per heavy atom. The maximum Gasteiger partial charge on any atom is 0.337 e. The van der Waals surface area contributed by atoms with Crippen molar-refractivity contribution < 1.29 is 24.4 Å². The molecule has 0 aliphatic carbocycles. The van der Waals surface area contributed by atoms with Crippen molar-refractivity contribution in [1.82, 2.24) is 0 Å². The number of non-ortho nitro benzene ring substituents is 1. The highest BCUT2D eigenvalue weighted by atomic mass is 16.6. The smallest absolute Gasteiger partial charge is 0.337 e. The first-order valence-electron chi connectivity index (χ1n) is 6.41. The molecule has 0 saturated heterocycles. The minimum absolute atomic E-state index is 0.125. The summed E-state index contributed by atoms with van der Waals surface area (Å²) in [5.41, 5.74) is -0.856. The van der Waals surface area contributed by atoms with Gasteiger partial charge in [0.15, 0.2) is 0 Å². The van der Waals surface area contributed by atoms with Gasteiger partial charge in [-0.25, -0.2) is 9.69 Å². The van der Waals surface area contributed by atoms with Crippen LogP contribution in [0.2, 0.25) is 0 Å². The van der Waals surface area contributed by atoms with Crippen molar-refractivity contribution in [2.75, 3.05) is 4.90 Å². The van der Waals surface area contributed by atoms with Gasteiger partial charge in [0.1, 0.15) is 0 Å². The molecule has 2 aromatic carbocycles. The molecule has 1 heterocycles. The summed E-state index contributed by atoms with van der Waals surface area (Å²) in [5.74, 6) is -2.83. The summed E-state index contributed by atoms with van der Waals surface area (Å²) in [7, 11) is 0. The van der Waals surface area contributed by atoms with Gasteiger partial charge in [-0.2, -0.15) is 0 Å². The highest BCUT2D eigenvalue weighted by molar-refractivity contribution is 6.35. The summed E-state index contributed by atoms with van der Waals surface area (Å²) in [6.45, 7) is 0. The van der Waals surface area contributed by atoms with Crippen LogP contribution in [0.3, 0.4) is 0 Å². The van der Waals surface area contributed by atoms with E-state index in [2.05, 4.69) is 0 Å². The van der Waals surface area contributed by atoms with Gasteiger partial charge in [0.2, 0.25) is 0 Å². The number of rotatable bonds is 3. The van der Waals surface area contributed by atoms with Gasteiger partial charge in [-0.1, -0.05) is 12.1 Å². The van der Waals surface area contributed by atoms with Crippen molar-refractivity contribution in [3.63, 3.8) is 0 Å². The van der Waals surface area contributed by atoms with Crippen LogP contribution in [0.4, 0.5) is 11.4 Å². The lowest BCUT2D eigenvalue weighted by Crippen LogP contribution is -2.31. The molecule has 114 valence electrons. The number of carboxylic acid groups (broad SMARTS) is 1. The number of nitro benzene ring substituents is 1. The number of imide groups is 1. The molecule has 0 radical (unpaired) electrons. The van der Waals surface area contributed by atoms with E-state index in [4.69, 9.17) is 0 Å². The third-order valence-corrected chi connectivity index (χ3v) is 3.46. The molecule has 23 heavy (non-hydrogen) atoms. The van der Waals surface area contributed by atoms with E-state index in [9.17, 15) is 29.6 Å². The summed E-state index contributed by atoms with van der Waals surface area (Å²) in [6, 6.07) is 8.93. The number of fused-ring (bicyclic) bond motifs is 1. The summed E-state index contributed by atoms with van der Waals surface area (Å²) in [4.78, 5) is 47.0. The molecule has 1 aliphatic rings. The Balaban J connectivity index is 2.21. The lowest BCUT2D eigenvalue weighted by Gasteiger charge is -2.16. The van der Waals surface area contributed by atoms with E-state index in [1.807, 2.05) is 0 Å². The molecule has 0 saturated carbocycles. The molecule has 3 rings (SSSR count). The molecule has 0 aromatic heterocycles. The molecule has 0 spiro atoms. The van der Waals surface area contributed by atoms with Crippen molar-refractivity contribution in [3.05, 3.63) is 69.3 Å². The Morgan fingerprint density at radius 2 is 1.61 bits per heavy atom. The minimum Gasteiger partial charge on any atom is -0.478 e. The minimum atomic E-state index is -1.40. The second-order valence-electron chi connectivity index (χ2n) is 4.76. The van der Waals surface area contributed by atoms with E-state index in [1.54, 1.807) is 12.1 Å². The Kier molecular flexibility index (Phi) is 3.14. The first-order chi connectivity index (χ1) is 10.9. The van der Waals surface area contributed by atoms with Crippen LogP contribution in [0.25, 0.3) is 0 Å². The predicted octanol–water partition coefficient (Wildman–Crippen LogP) is 2.09. The van der Waals surface area contributed by atoms with Gasteiger partial charge in [0.05, 0.1) is 27.3 Å². The molecule has 0 bridgehead atoms. The summed E-state index contributed by atoms with van der Waals surface area (Å²) < 4.78 is 0. The fourth-order valence-electron chi connectivity index (χ4n) is 2.41. The second kappa shape index (κ2) is 5.02. The SMILES string of the molecule is O=C(O)c1ccc([N+](=O)[O-])cc1N1C(=O)c2ccccc2C1=O. The van der Waals surface area contributed by atoms with Gasteiger partial charge in [0, 0.05) is 12.1 Å². The number of hydrogen-bond donors (Lipinski definition) is 1. The predicted molar refractivity (Wildman–Crippen MR) is 77.6 cm³/mol. The Labute approximate surface area is 128 Å². The lowest BCUT2D eigenvalue weighted by molar-refractivity contribution is -0.384. The number of carbonyl (C=O) groups is 3. The van der Waals surface area contributed by atoms with E-state index < -0.39 is 28.4 Å². The van der Waals surface area contributed by atoms with Crippen LogP contribution in [0, 0.1) is 10.1 Å². The average molecular weight is 312 g/mol. The Hall–Kier alpha value is -3.55. The van der Waals surface area contributed by atoms with Gasteiger partial charge in [-0.15, -0.1) is 0 Å². The van der Waals surface area contributed by atoms with E-state index in [0.717, 1.165) is 18.2 Å². The first-order valence-corrected chi connectivity index (χ1v) is 6.41.